The highest BCUT2D eigenvalue weighted by atomic mass is 32.2. The molecule has 1 fully saturated rings. The number of nitrogens with one attached hydrogen (secondary N) is 1. The van der Waals surface area contributed by atoms with Gasteiger partial charge in [-0.25, -0.2) is 18.4 Å². The average Bonchev–Trinajstić information content (AvgIpc) is 3.02. The number of carbonyl (C=O) groups excluding carboxylic acids is 2. The molecular weight excluding hydrogens is 368 g/mol. The number of imide groups is 1. The number of aromatic nitrogens is 1. The first-order valence-corrected chi connectivity index (χ1v) is 9.85. The Kier molecular flexibility index (Phi) is 4.66. The average molecular weight is 388 g/mol. The van der Waals surface area contributed by atoms with Crippen LogP contribution in [0, 0.1) is 13.8 Å². The van der Waals surface area contributed by atoms with Crippen LogP contribution in [0.2, 0.25) is 0 Å². The van der Waals surface area contributed by atoms with Crippen LogP contribution in [0.5, 0.6) is 0 Å². The minimum absolute atomic E-state index is 0.0370. The molecule has 0 bridgehead atoms. The summed E-state index contributed by atoms with van der Waals surface area (Å²) in [6, 6.07) is 7.68. The SMILES string of the molecule is CCN1C(=O)NC(=Cc2cc(C)n(-c3ccc(S(N)(=O)=O)cc3)c2C)C1=O. The van der Waals surface area contributed by atoms with E-state index in [1.54, 1.807) is 25.1 Å². The van der Waals surface area contributed by atoms with E-state index < -0.39 is 16.1 Å². The van der Waals surface area contributed by atoms with Gasteiger partial charge in [0, 0.05) is 23.6 Å². The van der Waals surface area contributed by atoms with Gasteiger partial charge in [-0.3, -0.25) is 9.69 Å². The number of aryl methyl sites for hydroxylation is 1. The van der Waals surface area contributed by atoms with Gasteiger partial charge in [-0.05, 0) is 62.7 Å². The first-order valence-electron chi connectivity index (χ1n) is 8.30. The molecule has 8 nitrogen and oxygen atoms in total. The van der Waals surface area contributed by atoms with Crippen molar-refractivity contribution in [2.24, 2.45) is 5.14 Å². The second kappa shape index (κ2) is 6.67. The second-order valence-corrected chi connectivity index (χ2v) is 7.80. The number of sulfonamides is 1. The summed E-state index contributed by atoms with van der Waals surface area (Å²) in [7, 11) is -3.75. The summed E-state index contributed by atoms with van der Waals surface area (Å²) < 4.78 is 24.8. The van der Waals surface area contributed by atoms with Crippen molar-refractivity contribution in [2.75, 3.05) is 6.54 Å². The van der Waals surface area contributed by atoms with Crippen molar-refractivity contribution < 1.29 is 18.0 Å². The number of likely N-dealkylation sites (N-methyl/N-ethyl adjacent to an activating group) is 1. The lowest BCUT2D eigenvalue weighted by molar-refractivity contribution is -0.122. The van der Waals surface area contributed by atoms with Crippen molar-refractivity contribution >= 4 is 28.0 Å². The van der Waals surface area contributed by atoms with Crippen molar-refractivity contribution in [3.05, 3.63) is 53.0 Å². The van der Waals surface area contributed by atoms with Crippen LogP contribution in [-0.4, -0.2) is 36.4 Å². The fourth-order valence-corrected chi connectivity index (χ4v) is 3.65. The maximum absolute atomic E-state index is 12.3. The van der Waals surface area contributed by atoms with E-state index in [0.29, 0.717) is 6.54 Å². The van der Waals surface area contributed by atoms with Crippen LogP contribution in [0.25, 0.3) is 11.8 Å². The van der Waals surface area contributed by atoms with E-state index in [-0.39, 0.29) is 16.5 Å². The van der Waals surface area contributed by atoms with Gasteiger partial charge in [0.25, 0.3) is 5.91 Å². The van der Waals surface area contributed by atoms with Crippen LogP contribution in [-0.2, 0) is 14.8 Å². The first-order chi connectivity index (χ1) is 12.6. The lowest BCUT2D eigenvalue weighted by atomic mass is 10.2. The Morgan fingerprint density at radius 1 is 1.15 bits per heavy atom. The Hall–Kier alpha value is -2.91. The summed E-state index contributed by atoms with van der Waals surface area (Å²) >= 11 is 0. The van der Waals surface area contributed by atoms with E-state index in [4.69, 9.17) is 5.14 Å². The molecular formula is C18H20N4O4S. The van der Waals surface area contributed by atoms with Gasteiger partial charge in [-0.15, -0.1) is 0 Å². The molecule has 142 valence electrons. The molecule has 1 aliphatic heterocycles. The van der Waals surface area contributed by atoms with Crippen LogP contribution >= 0.6 is 0 Å². The van der Waals surface area contributed by atoms with Crippen molar-refractivity contribution in [2.45, 2.75) is 25.7 Å². The van der Waals surface area contributed by atoms with Crippen molar-refractivity contribution in [3.63, 3.8) is 0 Å². The molecule has 2 aromatic rings. The van der Waals surface area contributed by atoms with E-state index in [9.17, 15) is 18.0 Å². The summed E-state index contributed by atoms with van der Waals surface area (Å²) in [6.07, 6.45) is 1.65. The van der Waals surface area contributed by atoms with Gasteiger partial charge < -0.3 is 9.88 Å². The predicted octanol–water partition coefficient (Wildman–Crippen LogP) is 1.65. The molecule has 2 heterocycles. The highest BCUT2D eigenvalue weighted by molar-refractivity contribution is 7.89. The Labute approximate surface area is 157 Å². The smallest absolute Gasteiger partial charge is 0.318 e. The minimum atomic E-state index is -3.75. The summed E-state index contributed by atoms with van der Waals surface area (Å²) in [6.45, 7) is 5.82. The molecule has 0 saturated carbocycles. The zero-order valence-corrected chi connectivity index (χ0v) is 16.0. The highest BCUT2D eigenvalue weighted by Crippen LogP contribution is 2.24. The molecule has 27 heavy (non-hydrogen) atoms. The number of carbonyl (C=O) groups is 2. The molecule has 0 spiro atoms. The molecule has 1 aromatic carbocycles. The number of amides is 3. The van der Waals surface area contributed by atoms with Gasteiger partial charge in [-0.1, -0.05) is 0 Å². The molecule has 0 radical (unpaired) electrons. The molecule has 3 N–H and O–H groups in total. The van der Waals surface area contributed by atoms with Crippen molar-refractivity contribution in [3.8, 4) is 5.69 Å². The molecule has 9 heteroatoms. The summed E-state index contributed by atoms with van der Waals surface area (Å²) in [5.74, 6) is -0.357. The fourth-order valence-electron chi connectivity index (χ4n) is 3.13. The lowest BCUT2D eigenvalue weighted by Gasteiger charge is -2.10. The van der Waals surface area contributed by atoms with Crippen LogP contribution < -0.4 is 10.5 Å². The van der Waals surface area contributed by atoms with Gasteiger partial charge in [-0.2, -0.15) is 0 Å². The zero-order valence-electron chi connectivity index (χ0n) is 15.2. The third kappa shape index (κ3) is 3.38. The molecule has 1 aromatic heterocycles. The number of nitrogens with two attached hydrogens (primary N) is 1. The van der Waals surface area contributed by atoms with Gasteiger partial charge in [0.1, 0.15) is 5.70 Å². The monoisotopic (exact) mass is 388 g/mol. The number of benzene rings is 1. The minimum Gasteiger partial charge on any atom is -0.318 e. The Bertz CT molecular complexity index is 1070. The molecule has 3 rings (SSSR count). The number of rotatable bonds is 4. The fraction of sp³-hybridized carbons (Fsp3) is 0.222. The number of hydrogen-bond donors (Lipinski definition) is 2. The summed E-state index contributed by atoms with van der Waals surface area (Å²) in [4.78, 5) is 25.2. The Morgan fingerprint density at radius 3 is 2.30 bits per heavy atom. The van der Waals surface area contributed by atoms with Crippen molar-refractivity contribution in [1.82, 2.24) is 14.8 Å². The molecule has 0 aliphatic carbocycles. The first kappa shape index (κ1) is 18.9. The largest absolute Gasteiger partial charge is 0.328 e. The predicted molar refractivity (Wildman–Crippen MR) is 101 cm³/mol. The standard InChI is InChI=1S/C18H20N4O4S/c1-4-21-17(23)16(20-18(21)24)10-13-9-11(2)22(12(13)3)14-5-7-15(8-6-14)27(19,25)26/h5-10H,4H2,1-3H3,(H,20,24)(H2,19,25,26). The van der Waals surface area contributed by atoms with Crippen LogP contribution in [0.4, 0.5) is 4.79 Å². The van der Waals surface area contributed by atoms with Crippen molar-refractivity contribution in [1.29, 1.82) is 0 Å². The second-order valence-electron chi connectivity index (χ2n) is 6.24. The van der Waals surface area contributed by atoms with E-state index >= 15 is 0 Å². The van der Waals surface area contributed by atoms with Gasteiger partial charge in [0.05, 0.1) is 4.90 Å². The number of urea groups is 1. The molecule has 3 amide bonds. The van der Waals surface area contributed by atoms with Gasteiger partial charge >= 0.3 is 6.03 Å². The quantitative estimate of drug-likeness (QED) is 0.612. The highest BCUT2D eigenvalue weighted by Gasteiger charge is 2.32. The normalized spacial score (nSPS) is 16.3. The lowest BCUT2D eigenvalue weighted by Crippen LogP contribution is -2.30. The van der Waals surface area contributed by atoms with Gasteiger partial charge in [0.2, 0.25) is 10.0 Å². The maximum Gasteiger partial charge on any atom is 0.328 e. The molecule has 0 atom stereocenters. The Morgan fingerprint density at radius 2 is 1.78 bits per heavy atom. The number of nitrogens with zero attached hydrogens (tertiary/aromatic N) is 2. The number of hydrogen-bond acceptors (Lipinski definition) is 4. The number of primary sulfonamides is 1. The third-order valence-corrected chi connectivity index (χ3v) is 5.40. The topological polar surface area (TPSA) is 114 Å². The van der Waals surface area contributed by atoms with Crippen LogP contribution in [0.1, 0.15) is 23.9 Å². The van der Waals surface area contributed by atoms with E-state index in [1.165, 1.54) is 12.1 Å². The zero-order chi connectivity index (χ0) is 19.9. The Balaban J connectivity index is 2.00. The van der Waals surface area contributed by atoms with Crippen LogP contribution in [0.15, 0.2) is 40.9 Å². The third-order valence-electron chi connectivity index (χ3n) is 4.47. The summed E-state index contributed by atoms with van der Waals surface area (Å²) in [5.41, 5.74) is 3.52. The molecule has 0 unspecified atom stereocenters. The van der Waals surface area contributed by atoms with Gasteiger partial charge in [0.15, 0.2) is 0 Å². The summed E-state index contributed by atoms with van der Waals surface area (Å²) in [5, 5.41) is 7.72. The molecule has 1 aliphatic rings. The van der Waals surface area contributed by atoms with E-state index in [0.717, 1.165) is 27.5 Å². The van der Waals surface area contributed by atoms with E-state index in [2.05, 4.69) is 5.32 Å². The van der Waals surface area contributed by atoms with Crippen LogP contribution in [0.3, 0.4) is 0 Å². The molecule has 1 saturated heterocycles. The van der Waals surface area contributed by atoms with E-state index in [1.807, 2.05) is 24.5 Å². The maximum atomic E-state index is 12.3.